The first-order valence-electron chi connectivity index (χ1n) is 7.82. The Morgan fingerprint density at radius 3 is 2.11 bits per heavy atom. The molecule has 0 radical (unpaired) electrons. The highest BCUT2D eigenvalue weighted by atomic mass is 14.6. The fraction of sp³-hybridized carbons (Fsp3) is 0.667. The summed E-state index contributed by atoms with van der Waals surface area (Å²) in [6, 6.07) is 7.32. The van der Waals surface area contributed by atoms with Gasteiger partial charge < -0.3 is 5.73 Å². The summed E-state index contributed by atoms with van der Waals surface area (Å²) in [7, 11) is 0. The molecule has 0 aromatic heterocycles. The van der Waals surface area contributed by atoms with Gasteiger partial charge in [-0.3, -0.25) is 0 Å². The average molecular weight is 263 g/mol. The summed E-state index contributed by atoms with van der Waals surface area (Å²) >= 11 is 0. The van der Waals surface area contributed by atoms with E-state index in [2.05, 4.69) is 45.9 Å². The van der Waals surface area contributed by atoms with Crippen LogP contribution in [-0.2, 0) is 12.8 Å². The van der Waals surface area contributed by atoms with Crippen molar-refractivity contribution in [2.24, 2.45) is 11.7 Å². The smallest absolute Gasteiger partial charge is 0.00105 e. The van der Waals surface area contributed by atoms with Crippen LogP contribution in [0.3, 0.4) is 0 Å². The molecule has 1 aromatic carbocycles. The fourth-order valence-corrected chi connectivity index (χ4v) is 2.31. The zero-order valence-electron chi connectivity index (χ0n) is 13.8. The number of hydrogen-bond acceptors (Lipinski definition) is 1. The molecule has 0 heterocycles. The second-order valence-electron chi connectivity index (χ2n) is 5.79. The predicted molar refractivity (Wildman–Crippen MR) is 87.7 cm³/mol. The molecule has 1 atom stereocenters. The van der Waals surface area contributed by atoms with Crippen molar-refractivity contribution in [2.75, 3.05) is 0 Å². The van der Waals surface area contributed by atoms with Gasteiger partial charge in [0.2, 0.25) is 0 Å². The lowest BCUT2D eigenvalue weighted by Gasteiger charge is -2.10. The van der Waals surface area contributed by atoms with Gasteiger partial charge in [0.1, 0.15) is 0 Å². The van der Waals surface area contributed by atoms with Gasteiger partial charge >= 0.3 is 0 Å². The number of benzene rings is 1. The standard InChI is InChI=1S/C16H27N.C2H6/c1-12(2)8-16-10-13(3)9-15(11-16)7-5-6-14(4)17;1-2/h9-12,14H,5-8,17H2,1-4H3;1-2H3/t14-;/m0./s1. The number of nitrogens with two attached hydrogens (primary N) is 1. The monoisotopic (exact) mass is 263 g/mol. The van der Waals surface area contributed by atoms with Crippen LogP contribution in [0.15, 0.2) is 18.2 Å². The predicted octanol–water partition coefficient (Wildman–Crippen LogP) is 4.89. The minimum Gasteiger partial charge on any atom is -0.328 e. The molecule has 1 rings (SSSR count). The van der Waals surface area contributed by atoms with Crippen molar-refractivity contribution in [3.05, 3.63) is 34.9 Å². The van der Waals surface area contributed by atoms with Crippen LogP contribution in [0, 0.1) is 12.8 Å². The molecule has 0 aliphatic rings. The van der Waals surface area contributed by atoms with Crippen molar-refractivity contribution in [3.63, 3.8) is 0 Å². The summed E-state index contributed by atoms with van der Waals surface area (Å²) in [6.45, 7) is 12.8. The zero-order chi connectivity index (χ0) is 14.8. The number of aryl methyl sites for hydroxylation is 2. The third-order valence-corrected chi connectivity index (χ3v) is 2.97. The molecule has 0 aliphatic carbocycles. The van der Waals surface area contributed by atoms with Crippen molar-refractivity contribution >= 4 is 0 Å². The summed E-state index contributed by atoms with van der Waals surface area (Å²) in [6.07, 6.45) is 4.66. The van der Waals surface area contributed by atoms with E-state index in [9.17, 15) is 0 Å². The minimum atomic E-state index is 0.329. The Balaban J connectivity index is 0.00000154. The van der Waals surface area contributed by atoms with Gasteiger partial charge in [-0.25, -0.2) is 0 Å². The van der Waals surface area contributed by atoms with Gasteiger partial charge in [0.15, 0.2) is 0 Å². The first kappa shape index (κ1) is 18.2. The van der Waals surface area contributed by atoms with Crippen molar-refractivity contribution in [1.82, 2.24) is 0 Å². The third-order valence-electron chi connectivity index (χ3n) is 2.97. The highest BCUT2D eigenvalue weighted by Gasteiger charge is 2.02. The van der Waals surface area contributed by atoms with Gasteiger partial charge in [0.05, 0.1) is 0 Å². The second kappa shape index (κ2) is 10.0. The quantitative estimate of drug-likeness (QED) is 0.777. The van der Waals surface area contributed by atoms with Crippen molar-refractivity contribution < 1.29 is 0 Å². The lowest BCUT2D eigenvalue weighted by atomic mass is 9.96. The Kier molecular flexibility index (Phi) is 9.59. The number of hydrogen-bond donors (Lipinski definition) is 1. The zero-order valence-corrected chi connectivity index (χ0v) is 13.8. The van der Waals surface area contributed by atoms with E-state index in [0.29, 0.717) is 6.04 Å². The molecule has 0 amide bonds. The summed E-state index contributed by atoms with van der Waals surface area (Å²) < 4.78 is 0. The molecule has 2 N–H and O–H groups in total. The first-order chi connectivity index (χ1) is 8.97. The Morgan fingerprint density at radius 2 is 1.58 bits per heavy atom. The lowest BCUT2D eigenvalue weighted by Crippen LogP contribution is -2.14. The Bertz CT molecular complexity index is 340. The Hall–Kier alpha value is -0.820. The molecule has 1 nitrogen and oxygen atoms in total. The van der Waals surface area contributed by atoms with Crippen LogP contribution >= 0.6 is 0 Å². The van der Waals surface area contributed by atoms with Gasteiger partial charge in [-0.1, -0.05) is 51.5 Å². The second-order valence-corrected chi connectivity index (χ2v) is 5.79. The molecule has 1 aromatic rings. The third kappa shape index (κ3) is 8.83. The molecule has 0 saturated carbocycles. The largest absolute Gasteiger partial charge is 0.328 e. The van der Waals surface area contributed by atoms with Crippen LogP contribution in [0.4, 0.5) is 0 Å². The van der Waals surface area contributed by atoms with Crippen LogP contribution < -0.4 is 5.73 Å². The van der Waals surface area contributed by atoms with Crippen LogP contribution in [0.1, 0.15) is 64.2 Å². The van der Waals surface area contributed by atoms with E-state index in [1.807, 2.05) is 13.8 Å². The maximum Gasteiger partial charge on any atom is 0.00105 e. The molecule has 0 saturated heterocycles. The van der Waals surface area contributed by atoms with E-state index in [-0.39, 0.29) is 0 Å². The summed E-state index contributed by atoms with van der Waals surface area (Å²) in [4.78, 5) is 0. The SMILES string of the molecule is CC.Cc1cc(CCC[C@H](C)N)cc(CC(C)C)c1. The molecule has 0 aliphatic heterocycles. The van der Waals surface area contributed by atoms with Crippen LogP contribution in [0.5, 0.6) is 0 Å². The van der Waals surface area contributed by atoms with Crippen molar-refractivity contribution in [3.8, 4) is 0 Å². The first-order valence-corrected chi connectivity index (χ1v) is 7.82. The molecule has 110 valence electrons. The Labute approximate surface area is 120 Å². The molecule has 1 heteroatoms. The van der Waals surface area contributed by atoms with Gasteiger partial charge in [0.25, 0.3) is 0 Å². The maximum absolute atomic E-state index is 5.78. The van der Waals surface area contributed by atoms with E-state index < -0.39 is 0 Å². The average Bonchev–Trinajstić information content (AvgIpc) is 2.29. The van der Waals surface area contributed by atoms with E-state index in [1.54, 1.807) is 0 Å². The fourth-order valence-electron chi connectivity index (χ4n) is 2.31. The van der Waals surface area contributed by atoms with Crippen molar-refractivity contribution in [1.29, 1.82) is 0 Å². The molecule has 0 fully saturated rings. The van der Waals surface area contributed by atoms with Crippen LogP contribution in [0.2, 0.25) is 0 Å². The van der Waals surface area contributed by atoms with Crippen molar-refractivity contribution in [2.45, 2.75) is 73.3 Å². The summed E-state index contributed by atoms with van der Waals surface area (Å²) in [5.41, 5.74) is 10.1. The van der Waals surface area contributed by atoms with E-state index >= 15 is 0 Å². The molecule has 0 unspecified atom stereocenters. The molecule has 0 bridgehead atoms. The van der Waals surface area contributed by atoms with Gasteiger partial charge in [-0.15, -0.1) is 0 Å². The highest BCUT2D eigenvalue weighted by Crippen LogP contribution is 2.15. The molecule has 19 heavy (non-hydrogen) atoms. The van der Waals surface area contributed by atoms with E-state index in [0.717, 1.165) is 18.8 Å². The summed E-state index contributed by atoms with van der Waals surface area (Å²) in [5, 5.41) is 0. The molecular formula is C18H33N. The lowest BCUT2D eigenvalue weighted by molar-refractivity contribution is 0.622. The van der Waals surface area contributed by atoms with Gasteiger partial charge in [0, 0.05) is 6.04 Å². The van der Waals surface area contributed by atoms with E-state index in [1.165, 1.54) is 29.5 Å². The topological polar surface area (TPSA) is 26.0 Å². The molecule has 0 spiro atoms. The van der Waals surface area contributed by atoms with E-state index in [4.69, 9.17) is 5.73 Å². The minimum absolute atomic E-state index is 0.329. The summed E-state index contributed by atoms with van der Waals surface area (Å²) in [5.74, 6) is 0.730. The Morgan fingerprint density at radius 1 is 1.00 bits per heavy atom. The van der Waals surface area contributed by atoms with Crippen LogP contribution in [0.25, 0.3) is 0 Å². The van der Waals surface area contributed by atoms with Gasteiger partial charge in [-0.05, 0) is 56.6 Å². The van der Waals surface area contributed by atoms with Gasteiger partial charge in [-0.2, -0.15) is 0 Å². The van der Waals surface area contributed by atoms with Crippen LogP contribution in [-0.4, -0.2) is 6.04 Å². The molecular weight excluding hydrogens is 230 g/mol. The number of rotatable bonds is 6. The highest BCUT2D eigenvalue weighted by molar-refractivity contribution is 5.29. The normalized spacial score (nSPS) is 12.0. The maximum atomic E-state index is 5.78.